The Kier molecular flexibility index (Phi) is 9.35. The Balaban J connectivity index is 1.87. The number of nitrogens with zero attached hydrogens (tertiary/aromatic N) is 1. The summed E-state index contributed by atoms with van der Waals surface area (Å²) in [7, 11) is -0.149. The maximum atomic E-state index is 14.0. The molecule has 2 unspecified atom stereocenters. The summed E-state index contributed by atoms with van der Waals surface area (Å²) in [6.07, 6.45) is 1.19. The van der Waals surface area contributed by atoms with E-state index in [2.05, 4.69) is 0 Å². The van der Waals surface area contributed by atoms with Crippen LogP contribution in [-0.2, 0) is 15.5 Å². The van der Waals surface area contributed by atoms with Gasteiger partial charge in [-0.2, -0.15) is 8.42 Å². The lowest BCUT2D eigenvalue weighted by Crippen LogP contribution is -2.51. The molecule has 3 aromatic rings. The van der Waals surface area contributed by atoms with Gasteiger partial charge in [-0.15, -0.1) is 0 Å². The predicted octanol–water partition coefficient (Wildman–Crippen LogP) is 6.90. The number of halogens is 3. The molecule has 3 aromatic carbocycles. The van der Waals surface area contributed by atoms with Crippen molar-refractivity contribution in [2.75, 3.05) is 34.4 Å². The third-order valence-corrected chi connectivity index (χ3v) is 9.66. The Hall–Kier alpha value is -2.69. The quantitative estimate of drug-likeness (QED) is 0.267. The molecule has 0 saturated carbocycles. The first kappa shape index (κ1) is 31.3. The Labute approximate surface area is 254 Å². The summed E-state index contributed by atoms with van der Waals surface area (Å²) in [6.45, 7) is 2.52. The Morgan fingerprint density at radius 1 is 0.951 bits per heavy atom. The molecule has 1 fully saturated rings. The molecule has 1 amide bonds. The number of methoxy groups -OCH3 is 3. The van der Waals surface area contributed by atoms with E-state index < -0.39 is 21.5 Å². The highest BCUT2D eigenvalue weighted by Gasteiger charge is 2.45. The van der Waals surface area contributed by atoms with Crippen LogP contribution in [0.25, 0.3) is 0 Å². The van der Waals surface area contributed by atoms with Gasteiger partial charge >= 0.3 is 0 Å². The molecule has 4 rings (SSSR count). The zero-order chi connectivity index (χ0) is 30.1. The van der Waals surface area contributed by atoms with Crippen molar-refractivity contribution in [2.24, 2.45) is 0 Å². The molecule has 0 spiro atoms. The number of rotatable bonds is 8. The van der Waals surface area contributed by atoms with E-state index in [9.17, 15) is 17.8 Å². The minimum atomic E-state index is -4.58. The lowest BCUT2D eigenvalue weighted by Gasteiger charge is -2.47. The number of ether oxygens (including phenoxy) is 3. The molecule has 0 radical (unpaired) electrons. The molecule has 1 heterocycles. The highest BCUT2D eigenvalue weighted by Crippen LogP contribution is 2.49. The third-order valence-electron chi connectivity index (χ3n) is 7.76. The number of benzene rings is 3. The fourth-order valence-electron chi connectivity index (χ4n) is 5.68. The van der Waals surface area contributed by atoms with Crippen molar-refractivity contribution in [3.05, 3.63) is 80.3 Å². The zero-order valence-electron chi connectivity index (χ0n) is 22.9. The fraction of sp³-hybridized carbons (Fsp3) is 0.345. The van der Waals surface area contributed by atoms with Gasteiger partial charge in [0.2, 0.25) is 5.75 Å². The lowest BCUT2D eigenvalue weighted by atomic mass is 9.64. The first-order valence-corrected chi connectivity index (χ1v) is 15.3. The number of carbonyl (C=O) groups excluding carboxylic acids is 1. The standard InChI is InChI=1S/C29H30Cl3NO7S/c1-17(21-15-20(30)7-9-26(21)41(35,36)37)29(19-6-8-22(31)23(32)14-19)10-5-11-33(16-29)28(34)18-12-24(38-2)27(40-4)25(13-18)39-3/h6-9,12-15,17H,5,10-11,16H2,1-4H3,(H,35,36,37). The lowest BCUT2D eigenvalue weighted by molar-refractivity contribution is 0.0608. The molecular formula is C29H30Cl3NO7S. The number of hydrogen-bond donors (Lipinski definition) is 1. The summed E-state index contributed by atoms with van der Waals surface area (Å²) in [5, 5.41) is 0.996. The Morgan fingerprint density at radius 3 is 2.17 bits per heavy atom. The molecule has 1 aliphatic heterocycles. The highest BCUT2D eigenvalue weighted by molar-refractivity contribution is 7.85. The van der Waals surface area contributed by atoms with Crippen LogP contribution >= 0.6 is 34.8 Å². The van der Waals surface area contributed by atoms with Gasteiger partial charge < -0.3 is 19.1 Å². The van der Waals surface area contributed by atoms with E-state index in [4.69, 9.17) is 49.0 Å². The second-order valence-corrected chi connectivity index (χ2v) is 12.5. The van der Waals surface area contributed by atoms with Crippen molar-refractivity contribution < 1.29 is 32.0 Å². The van der Waals surface area contributed by atoms with Crippen LogP contribution in [0.4, 0.5) is 0 Å². The van der Waals surface area contributed by atoms with Crippen molar-refractivity contribution >= 4 is 50.8 Å². The molecule has 220 valence electrons. The summed E-state index contributed by atoms with van der Waals surface area (Å²) in [4.78, 5) is 15.4. The van der Waals surface area contributed by atoms with Crippen LogP contribution in [0.15, 0.2) is 53.4 Å². The number of likely N-dealkylation sites (tertiary alicyclic amines) is 1. The van der Waals surface area contributed by atoms with E-state index >= 15 is 0 Å². The van der Waals surface area contributed by atoms with Crippen molar-refractivity contribution in [2.45, 2.75) is 36.0 Å². The molecular weight excluding hydrogens is 613 g/mol. The molecule has 0 aliphatic carbocycles. The van der Waals surface area contributed by atoms with Gasteiger partial charge in [-0.05, 0) is 72.4 Å². The van der Waals surface area contributed by atoms with Crippen molar-refractivity contribution in [3.8, 4) is 17.2 Å². The van der Waals surface area contributed by atoms with Crippen molar-refractivity contribution in [1.29, 1.82) is 0 Å². The number of carbonyl (C=O) groups is 1. The normalized spacial score (nSPS) is 18.1. The Bertz CT molecular complexity index is 1560. The molecule has 0 bridgehead atoms. The van der Waals surface area contributed by atoms with Crippen molar-refractivity contribution in [3.63, 3.8) is 0 Å². The number of piperidine rings is 1. The van der Waals surface area contributed by atoms with Gasteiger partial charge in [0, 0.05) is 29.1 Å². The van der Waals surface area contributed by atoms with Crippen LogP contribution in [0.2, 0.25) is 15.1 Å². The van der Waals surface area contributed by atoms with Crippen LogP contribution in [0, 0.1) is 0 Å². The van der Waals surface area contributed by atoms with E-state index in [1.54, 1.807) is 29.2 Å². The van der Waals surface area contributed by atoms with Gasteiger partial charge in [0.25, 0.3) is 16.0 Å². The summed E-state index contributed by atoms with van der Waals surface area (Å²) >= 11 is 19.0. The minimum Gasteiger partial charge on any atom is -0.493 e. The van der Waals surface area contributed by atoms with Crippen LogP contribution in [-0.4, -0.2) is 58.2 Å². The summed E-state index contributed by atoms with van der Waals surface area (Å²) < 4.78 is 51.2. The average molecular weight is 643 g/mol. The first-order valence-electron chi connectivity index (χ1n) is 12.7. The topological polar surface area (TPSA) is 102 Å². The Morgan fingerprint density at radius 2 is 1.61 bits per heavy atom. The molecule has 41 heavy (non-hydrogen) atoms. The van der Waals surface area contributed by atoms with Gasteiger partial charge in [0.1, 0.15) is 0 Å². The SMILES string of the molecule is COc1cc(C(=O)N2CCCC(c3ccc(Cl)c(Cl)c3)(C(C)c3cc(Cl)ccc3S(=O)(=O)O)C2)cc(OC)c1OC. The van der Waals surface area contributed by atoms with Crippen LogP contribution in [0.5, 0.6) is 17.2 Å². The molecule has 12 heteroatoms. The zero-order valence-corrected chi connectivity index (χ0v) is 26.0. The largest absolute Gasteiger partial charge is 0.493 e. The average Bonchev–Trinajstić information content (AvgIpc) is 2.96. The van der Waals surface area contributed by atoms with E-state index in [1.807, 2.05) is 13.0 Å². The van der Waals surface area contributed by atoms with E-state index in [0.717, 1.165) is 5.56 Å². The molecule has 1 aliphatic rings. The number of amides is 1. The van der Waals surface area contributed by atoms with Gasteiger partial charge in [0.15, 0.2) is 11.5 Å². The number of hydrogen-bond acceptors (Lipinski definition) is 6. The monoisotopic (exact) mass is 641 g/mol. The van der Waals surface area contributed by atoms with Crippen LogP contribution in [0.1, 0.15) is 47.2 Å². The first-order chi connectivity index (χ1) is 19.4. The fourth-order valence-corrected chi connectivity index (χ4v) is 6.93. The third kappa shape index (κ3) is 6.10. The van der Waals surface area contributed by atoms with Gasteiger partial charge in [-0.1, -0.05) is 47.8 Å². The molecule has 2 atom stereocenters. The van der Waals surface area contributed by atoms with Gasteiger partial charge in [-0.3, -0.25) is 9.35 Å². The maximum absolute atomic E-state index is 14.0. The predicted molar refractivity (Wildman–Crippen MR) is 159 cm³/mol. The van der Waals surface area contributed by atoms with Gasteiger partial charge in [-0.25, -0.2) is 0 Å². The smallest absolute Gasteiger partial charge is 0.294 e. The molecule has 1 N–H and O–H groups in total. The molecule has 1 saturated heterocycles. The minimum absolute atomic E-state index is 0.207. The van der Waals surface area contributed by atoms with E-state index in [1.165, 1.54) is 39.5 Å². The molecule has 8 nitrogen and oxygen atoms in total. The summed E-state index contributed by atoms with van der Waals surface area (Å²) in [6, 6.07) is 12.7. The summed E-state index contributed by atoms with van der Waals surface area (Å²) in [5.74, 6) is 0.233. The van der Waals surface area contributed by atoms with Crippen molar-refractivity contribution in [1.82, 2.24) is 4.90 Å². The summed E-state index contributed by atoms with van der Waals surface area (Å²) in [5.41, 5.74) is 0.599. The van der Waals surface area contributed by atoms with Crippen LogP contribution < -0.4 is 14.2 Å². The maximum Gasteiger partial charge on any atom is 0.294 e. The van der Waals surface area contributed by atoms with E-state index in [-0.39, 0.29) is 17.3 Å². The van der Waals surface area contributed by atoms with Gasteiger partial charge in [0.05, 0.1) is 36.3 Å². The highest BCUT2D eigenvalue weighted by atomic mass is 35.5. The van der Waals surface area contributed by atoms with Crippen LogP contribution in [0.3, 0.4) is 0 Å². The molecule has 0 aromatic heterocycles. The van der Waals surface area contributed by atoms with E-state index in [0.29, 0.717) is 62.8 Å². The second-order valence-electron chi connectivity index (χ2n) is 9.91. The second kappa shape index (κ2) is 12.3.